The molecule has 2 heterocycles. The number of nitro groups is 1. The summed E-state index contributed by atoms with van der Waals surface area (Å²) in [5, 5.41) is 16.3. The van der Waals surface area contributed by atoms with Crippen molar-refractivity contribution in [2.24, 2.45) is 0 Å². The Labute approximate surface area is 204 Å². The molecule has 2 amide bonds. The minimum Gasteiger partial charge on any atom is -0.490 e. The summed E-state index contributed by atoms with van der Waals surface area (Å²) < 4.78 is 4.97. The van der Waals surface area contributed by atoms with Gasteiger partial charge in [0.25, 0.3) is 11.8 Å². The number of ether oxygens (including phenoxy) is 1. The van der Waals surface area contributed by atoms with Gasteiger partial charge in [0.05, 0.1) is 27.6 Å². The van der Waals surface area contributed by atoms with Crippen molar-refractivity contribution in [2.75, 3.05) is 43.5 Å². The molecule has 2 aromatic carbocycles. The zero-order valence-corrected chi connectivity index (χ0v) is 19.8. The van der Waals surface area contributed by atoms with Crippen LogP contribution in [-0.4, -0.2) is 54.9 Å². The molecule has 0 saturated carbocycles. The number of methoxy groups -OCH3 is 1. The van der Waals surface area contributed by atoms with Gasteiger partial charge in [0, 0.05) is 43.5 Å². The van der Waals surface area contributed by atoms with Gasteiger partial charge in [-0.15, -0.1) is 11.3 Å². The van der Waals surface area contributed by atoms with Gasteiger partial charge in [-0.25, -0.2) is 0 Å². The van der Waals surface area contributed by atoms with Crippen molar-refractivity contribution in [3.05, 3.63) is 79.5 Å². The number of nitrogens with one attached hydrogen (secondary N) is 1. The first-order valence-corrected chi connectivity index (χ1v) is 11.6. The SMILES string of the molecule is COc1ccc(C(=O)Nc2ccc(N3CCN(C(=O)c4cccs4)CC3)c(Cl)c2)cc1[N+](=O)[O-]. The molecular formula is C23H21ClN4O5S. The molecule has 34 heavy (non-hydrogen) atoms. The standard InChI is InChI=1S/C23H21ClN4O5S/c1-33-20-7-4-15(13-19(20)28(31)32)22(29)25-16-5-6-18(17(24)14-16)26-8-10-27(11-9-26)23(30)21-3-2-12-34-21/h2-7,12-14H,8-11H2,1H3,(H,25,29). The Morgan fingerprint density at radius 2 is 1.88 bits per heavy atom. The van der Waals surface area contributed by atoms with E-state index in [1.807, 2.05) is 28.5 Å². The normalized spacial score (nSPS) is 13.5. The Morgan fingerprint density at radius 1 is 1.12 bits per heavy atom. The second kappa shape index (κ2) is 10.1. The molecule has 1 aliphatic heterocycles. The van der Waals surface area contributed by atoms with E-state index in [0.717, 1.165) is 10.6 Å². The van der Waals surface area contributed by atoms with E-state index in [1.165, 1.54) is 36.6 Å². The molecule has 9 nitrogen and oxygen atoms in total. The summed E-state index contributed by atoms with van der Waals surface area (Å²) in [6.45, 7) is 2.44. The molecule has 1 saturated heterocycles. The third kappa shape index (κ3) is 4.97. The van der Waals surface area contributed by atoms with Crippen molar-refractivity contribution in [1.29, 1.82) is 0 Å². The van der Waals surface area contributed by atoms with Crippen molar-refractivity contribution in [2.45, 2.75) is 0 Å². The van der Waals surface area contributed by atoms with Crippen LogP contribution in [0.25, 0.3) is 0 Å². The fourth-order valence-electron chi connectivity index (χ4n) is 3.72. The molecular weight excluding hydrogens is 480 g/mol. The van der Waals surface area contributed by atoms with Crippen molar-refractivity contribution in [3.8, 4) is 5.75 Å². The van der Waals surface area contributed by atoms with E-state index in [4.69, 9.17) is 16.3 Å². The highest BCUT2D eigenvalue weighted by molar-refractivity contribution is 7.12. The Balaban J connectivity index is 1.41. The van der Waals surface area contributed by atoms with Crippen LogP contribution in [0.2, 0.25) is 5.02 Å². The number of rotatable bonds is 6. The van der Waals surface area contributed by atoms with Crippen molar-refractivity contribution in [3.63, 3.8) is 0 Å². The van der Waals surface area contributed by atoms with Crippen LogP contribution in [-0.2, 0) is 0 Å². The Bertz CT molecular complexity index is 1230. The fourth-order valence-corrected chi connectivity index (χ4v) is 4.72. The topological polar surface area (TPSA) is 105 Å². The smallest absolute Gasteiger partial charge is 0.311 e. The van der Waals surface area contributed by atoms with E-state index >= 15 is 0 Å². The largest absolute Gasteiger partial charge is 0.490 e. The molecule has 0 radical (unpaired) electrons. The van der Waals surface area contributed by atoms with Gasteiger partial charge < -0.3 is 19.9 Å². The Morgan fingerprint density at radius 3 is 2.50 bits per heavy atom. The maximum absolute atomic E-state index is 12.6. The van der Waals surface area contributed by atoms with Crippen LogP contribution >= 0.6 is 22.9 Å². The monoisotopic (exact) mass is 500 g/mol. The molecule has 11 heteroatoms. The number of nitrogens with zero attached hydrogens (tertiary/aromatic N) is 3. The number of carbonyl (C=O) groups excluding carboxylic acids is 2. The molecule has 1 fully saturated rings. The summed E-state index contributed by atoms with van der Waals surface area (Å²) in [6.07, 6.45) is 0. The van der Waals surface area contributed by atoms with Gasteiger partial charge in [0.15, 0.2) is 5.75 Å². The van der Waals surface area contributed by atoms with E-state index in [1.54, 1.807) is 12.1 Å². The van der Waals surface area contributed by atoms with E-state index < -0.39 is 10.8 Å². The molecule has 3 aromatic rings. The summed E-state index contributed by atoms with van der Waals surface area (Å²) in [5.41, 5.74) is 1.10. The highest BCUT2D eigenvalue weighted by Crippen LogP contribution is 2.31. The van der Waals surface area contributed by atoms with Gasteiger partial charge in [-0.2, -0.15) is 0 Å². The zero-order chi connectivity index (χ0) is 24.2. The van der Waals surface area contributed by atoms with E-state index in [2.05, 4.69) is 10.2 Å². The van der Waals surface area contributed by atoms with Crippen molar-refractivity contribution < 1.29 is 19.2 Å². The van der Waals surface area contributed by atoms with Gasteiger partial charge in [0.2, 0.25) is 0 Å². The number of hydrogen-bond donors (Lipinski definition) is 1. The molecule has 176 valence electrons. The van der Waals surface area contributed by atoms with Crippen LogP contribution in [0.1, 0.15) is 20.0 Å². The molecule has 1 N–H and O–H groups in total. The first-order chi connectivity index (χ1) is 16.4. The Hall–Kier alpha value is -3.63. The summed E-state index contributed by atoms with van der Waals surface area (Å²) in [6, 6.07) is 12.9. The lowest BCUT2D eigenvalue weighted by molar-refractivity contribution is -0.385. The lowest BCUT2D eigenvalue weighted by atomic mass is 10.1. The summed E-state index contributed by atoms with van der Waals surface area (Å²) in [5.74, 6) is -0.390. The highest BCUT2D eigenvalue weighted by atomic mass is 35.5. The predicted octanol–water partition coefficient (Wildman–Crippen LogP) is 4.53. The number of hydrogen-bond acceptors (Lipinski definition) is 7. The molecule has 1 aliphatic rings. The maximum Gasteiger partial charge on any atom is 0.311 e. The van der Waals surface area contributed by atoms with Crippen LogP contribution in [0.4, 0.5) is 17.1 Å². The second-order valence-corrected chi connectivity index (χ2v) is 8.88. The number of benzene rings is 2. The highest BCUT2D eigenvalue weighted by Gasteiger charge is 2.24. The maximum atomic E-state index is 12.6. The van der Waals surface area contributed by atoms with Crippen molar-refractivity contribution in [1.82, 2.24) is 4.90 Å². The number of anilines is 2. The van der Waals surface area contributed by atoms with Gasteiger partial charge in [0.1, 0.15) is 0 Å². The Kier molecular flexibility index (Phi) is 6.99. The number of thiophene rings is 1. The summed E-state index contributed by atoms with van der Waals surface area (Å²) >= 11 is 7.93. The molecule has 1 aromatic heterocycles. The minimum absolute atomic E-state index is 0.0394. The number of nitro benzene ring substituents is 1. The van der Waals surface area contributed by atoms with Crippen LogP contribution < -0.4 is 15.0 Å². The van der Waals surface area contributed by atoms with E-state index in [-0.39, 0.29) is 22.9 Å². The number of piperazine rings is 1. The fraction of sp³-hybridized carbons (Fsp3) is 0.217. The molecule has 0 unspecified atom stereocenters. The second-order valence-electron chi connectivity index (χ2n) is 7.52. The van der Waals surface area contributed by atoms with Crippen LogP contribution in [0.3, 0.4) is 0 Å². The van der Waals surface area contributed by atoms with Gasteiger partial charge >= 0.3 is 5.69 Å². The molecule has 4 rings (SSSR count). The summed E-state index contributed by atoms with van der Waals surface area (Å²) in [7, 11) is 1.33. The van der Waals surface area contributed by atoms with Crippen LogP contribution in [0.15, 0.2) is 53.9 Å². The average molecular weight is 501 g/mol. The molecule has 0 aliphatic carbocycles. The summed E-state index contributed by atoms with van der Waals surface area (Å²) in [4.78, 5) is 40.4. The van der Waals surface area contributed by atoms with E-state index in [0.29, 0.717) is 36.9 Å². The number of halogens is 1. The van der Waals surface area contributed by atoms with Crippen LogP contribution in [0.5, 0.6) is 5.75 Å². The first-order valence-electron chi connectivity index (χ1n) is 10.4. The van der Waals surface area contributed by atoms with E-state index in [9.17, 15) is 19.7 Å². The van der Waals surface area contributed by atoms with Gasteiger partial charge in [-0.3, -0.25) is 19.7 Å². The molecule has 0 bridgehead atoms. The van der Waals surface area contributed by atoms with Gasteiger partial charge in [-0.1, -0.05) is 17.7 Å². The number of amides is 2. The molecule has 0 spiro atoms. The van der Waals surface area contributed by atoms with Crippen molar-refractivity contribution >= 4 is 51.8 Å². The zero-order valence-electron chi connectivity index (χ0n) is 18.2. The third-order valence-corrected chi connectivity index (χ3v) is 6.64. The number of carbonyl (C=O) groups is 2. The predicted molar refractivity (Wildman–Crippen MR) is 131 cm³/mol. The average Bonchev–Trinajstić information content (AvgIpc) is 3.38. The lowest BCUT2D eigenvalue weighted by Crippen LogP contribution is -2.48. The third-order valence-electron chi connectivity index (χ3n) is 5.48. The quantitative estimate of drug-likeness (QED) is 0.393. The minimum atomic E-state index is -0.602. The first kappa shape index (κ1) is 23.5. The molecule has 0 atom stereocenters. The van der Waals surface area contributed by atoms with Gasteiger partial charge in [-0.05, 0) is 41.8 Å². The lowest BCUT2D eigenvalue weighted by Gasteiger charge is -2.36. The van der Waals surface area contributed by atoms with Crippen LogP contribution in [0, 0.1) is 10.1 Å².